The molecule has 1 unspecified atom stereocenters. The maximum Gasteiger partial charge on any atom is 0.470 e. The summed E-state index contributed by atoms with van der Waals surface area (Å²) in [5.41, 5.74) is 0. The van der Waals surface area contributed by atoms with Crippen LogP contribution in [-0.4, -0.2) is 54.4 Å². The zero-order valence-corrected chi connectivity index (χ0v) is 12.3. The van der Waals surface area contributed by atoms with Crippen molar-refractivity contribution in [2.45, 2.75) is 24.9 Å². The Labute approximate surface area is 119 Å². The van der Waals surface area contributed by atoms with Crippen LogP contribution < -0.4 is 0 Å². The van der Waals surface area contributed by atoms with Crippen LogP contribution in [0.2, 0.25) is 0 Å². The minimum atomic E-state index is -4.70. The van der Waals surface area contributed by atoms with Crippen LogP contribution in [0, 0.1) is 0 Å². The van der Waals surface area contributed by atoms with E-state index in [2.05, 4.69) is 14.6 Å². The fourth-order valence-corrected chi connectivity index (χ4v) is 3.29. The number of piperidine rings is 1. The normalized spacial score (nSPS) is 21.9. The van der Waals surface area contributed by atoms with E-state index in [1.54, 1.807) is 0 Å². The summed E-state index contributed by atoms with van der Waals surface area (Å²) in [6, 6.07) is 0. The molecule has 1 aromatic rings. The Kier molecular flexibility index (Phi) is 4.26. The maximum atomic E-state index is 12.4. The average Bonchev–Trinajstić information content (AvgIpc) is 2.88. The maximum absolute atomic E-state index is 12.4. The Morgan fingerprint density at radius 2 is 2.00 bits per heavy atom. The molecule has 21 heavy (non-hydrogen) atoms. The zero-order valence-electron chi connectivity index (χ0n) is 11.5. The van der Waals surface area contributed by atoms with E-state index in [9.17, 15) is 21.6 Å². The van der Waals surface area contributed by atoms with Crippen molar-refractivity contribution in [3.8, 4) is 0 Å². The largest absolute Gasteiger partial charge is 0.470 e. The molecule has 0 aromatic carbocycles. The van der Waals surface area contributed by atoms with Gasteiger partial charge in [-0.15, -0.1) is 10.2 Å². The number of halogens is 3. The highest BCUT2D eigenvalue weighted by Gasteiger charge is 2.40. The molecule has 1 aliphatic heterocycles. The van der Waals surface area contributed by atoms with Crippen molar-refractivity contribution in [1.82, 2.24) is 18.8 Å². The lowest BCUT2D eigenvalue weighted by Crippen LogP contribution is -2.44. The van der Waals surface area contributed by atoms with Crippen LogP contribution in [0.4, 0.5) is 13.2 Å². The highest BCUT2D eigenvalue weighted by atomic mass is 32.2. The van der Waals surface area contributed by atoms with E-state index in [1.807, 2.05) is 0 Å². The van der Waals surface area contributed by atoms with Crippen LogP contribution in [0.15, 0.2) is 4.42 Å². The topological polar surface area (TPSA) is 79.5 Å². The van der Waals surface area contributed by atoms with Crippen molar-refractivity contribution < 1.29 is 26.0 Å². The van der Waals surface area contributed by atoms with Gasteiger partial charge in [0, 0.05) is 27.2 Å². The highest BCUT2D eigenvalue weighted by molar-refractivity contribution is 7.86. The van der Waals surface area contributed by atoms with Gasteiger partial charge in [0.1, 0.15) is 0 Å². The van der Waals surface area contributed by atoms with Gasteiger partial charge in [0.15, 0.2) is 0 Å². The molecular weight excluding hydrogens is 313 g/mol. The third-order valence-electron chi connectivity index (χ3n) is 3.20. The smallest absolute Gasteiger partial charge is 0.417 e. The first kappa shape index (κ1) is 16.2. The fraction of sp³-hybridized carbons (Fsp3) is 0.800. The molecule has 120 valence electrons. The van der Waals surface area contributed by atoms with E-state index >= 15 is 0 Å². The lowest BCUT2D eigenvalue weighted by atomic mass is 10.00. The fourth-order valence-electron chi connectivity index (χ4n) is 2.10. The van der Waals surface area contributed by atoms with E-state index in [0.717, 1.165) is 4.31 Å². The molecule has 0 bridgehead atoms. The molecule has 7 nitrogen and oxygen atoms in total. The quantitative estimate of drug-likeness (QED) is 0.829. The van der Waals surface area contributed by atoms with Gasteiger partial charge >= 0.3 is 12.1 Å². The van der Waals surface area contributed by atoms with Crippen LogP contribution in [0.1, 0.15) is 30.5 Å². The van der Waals surface area contributed by atoms with Crippen LogP contribution >= 0.6 is 0 Å². The first-order chi connectivity index (χ1) is 9.62. The number of hydrogen-bond acceptors (Lipinski definition) is 5. The molecule has 1 fully saturated rings. The molecular formula is C10H15F3N4O3S. The van der Waals surface area contributed by atoms with Gasteiger partial charge in [0.2, 0.25) is 5.89 Å². The van der Waals surface area contributed by atoms with Crippen LogP contribution in [0.3, 0.4) is 0 Å². The summed E-state index contributed by atoms with van der Waals surface area (Å²) in [7, 11) is -0.815. The summed E-state index contributed by atoms with van der Waals surface area (Å²) in [6.45, 7) is 0.345. The molecule has 0 spiro atoms. The van der Waals surface area contributed by atoms with Gasteiger partial charge in [0.25, 0.3) is 10.2 Å². The summed E-state index contributed by atoms with van der Waals surface area (Å²) >= 11 is 0. The van der Waals surface area contributed by atoms with Crippen LogP contribution in [-0.2, 0) is 16.4 Å². The number of rotatable bonds is 3. The lowest BCUT2D eigenvalue weighted by molar-refractivity contribution is -0.157. The van der Waals surface area contributed by atoms with E-state index < -0.39 is 28.2 Å². The molecule has 1 aromatic heterocycles. The van der Waals surface area contributed by atoms with Gasteiger partial charge < -0.3 is 4.42 Å². The van der Waals surface area contributed by atoms with Crippen LogP contribution in [0.5, 0.6) is 0 Å². The number of aromatic nitrogens is 2. The molecule has 0 N–H and O–H groups in total. The summed E-state index contributed by atoms with van der Waals surface area (Å²) in [5.74, 6) is -2.12. The number of hydrogen-bond donors (Lipinski definition) is 0. The molecule has 1 atom stereocenters. The summed E-state index contributed by atoms with van der Waals surface area (Å²) in [5, 5.41) is 6.36. The Hall–Kier alpha value is -1.20. The Morgan fingerprint density at radius 1 is 1.33 bits per heavy atom. The first-order valence-electron chi connectivity index (χ1n) is 6.20. The summed E-state index contributed by atoms with van der Waals surface area (Å²) < 4.78 is 68.3. The van der Waals surface area contributed by atoms with Crippen molar-refractivity contribution in [2.24, 2.45) is 0 Å². The molecule has 0 aliphatic carbocycles. The number of nitrogens with zero attached hydrogens (tertiary/aromatic N) is 4. The predicted molar refractivity (Wildman–Crippen MR) is 65.5 cm³/mol. The van der Waals surface area contributed by atoms with Gasteiger partial charge in [-0.05, 0) is 12.8 Å². The molecule has 1 aliphatic rings. The van der Waals surface area contributed by atoms with E-state index in [0.29, 0.717) is 19.4 Å². The van der Waals surface area contributed by atoms with Gasteiger partial charge in [-0.2, -0.15) is 30.2 Å². The Bertz CT molecular complexity index is 599. The van der Waals surface area contributed by atoms with Gasteiger partial charge in [0.05, 0.1) is 5.92 Å². The highest BCUT2D eigenvalue weighted by Crippen LogP contribution is 2.32. The summed E-state index contributed by atoms with van der Waals surface area (Å²) in [4.78, 5) is 0. The second-order valence-electron chi connectivity index (χ2n) is 4.93. The van der Waals surface area contributed by atoms with Crippen molar-refractivity contribution in [2.75, 3.05) is 27.2 Å². The van der Waals surface area contributed by atoms with E-state index in [1.165, 1.54) is 18.4 Å². The van der Waals surface area contributed by atoms with Gasteiger partial charge in [-0.25, -0.2) is 0 Å². The van der Waals surface area contributed by atoms with Crippen molar-refractivity contribution in [3.05, 3.63) is 11.8 Å². The Balaban J connectivity index is 2.17. The molecule has 0 saturated carbocycles. The third kappa shape index (κ3) is 3.35. The molecule has 11 heteroatoms. The second kappa shape index (κ2) is 5.54. The van der Waals surface area contributed by atoms with Crippen molar-refractivity contribution in [3.63, 3.8) is 0 Å². The van der Waals surface area contributed by atoms with Crippen molar-refractivity contribution >= 4 is 10.2 Å². The van der Waals surface area contributed by atoms with E-state index in [4.69, 9.17) is 0 Å². The average molecular weight is 328 g/mol. The first-order valence-corrected chi connectivity index (χ1v) is 7.60. The number of alkyl halides is 3. The molecule has 1 saturated heterocycles. The molecule has 2 rings (SSSR count). The predicted octanol–water partition coefficient (Wildman–Crippen LogP) is 1.07. The van der Waals surface area contributed by atoms with Gasteiger partial charge in [-0.3, -0.25) is 0 Å². The minimum Gasteiger partial charge on any atom is -0.417 e. The summed E-state index contributed by atoms with van der Waals surface area (Å²) in [6.07, 6.45) is -3.68. The van der Waals surface area contributed by atoms with Crippen LogP contribution in [0.25, 0.3) is 0 Å². The third-order valence-corrected chi connectivity index (χ3v) is 5.11. The SMILES string of the molecule is CN(C)S(=O)(=O)N1CCCC(c2nnc(C(F)(F)F)o2)C1. The second-order valence-corrected chi connectivity index (χ2v) is 7.07. The van der Waals surface area contributed by atoms with Gasteiger partial charge in [-0.1, -0.05) is 0 Å². The zero-order chi connectivity index (χ0) is 15.8. The Morgan fingerprint density at radius 3 is 2.52 bits per heavy atom. The molecule has 2 heterocycles. The monoisotopic (exact) mass is 328 g/mol. The minimum absolute atomic E-state index is 0.0278. The lowest BCUT2D eigenvalue weighted by Gasteiger charge is -2.31. The standard InChI is InChI=1S/C10H15F3N4O3S/c1-16(2)21(18,19)17-5-3-4-7(6-17)8-14-15-9(20-8)10(11,12)13/h7H,3-6H2,1-2H3. The van der Waals surface area contributed by atoms with Crippen molar-refractivity contribution in [1.29, 1.82) is 0 Å². The molecule has 0 amide bonds. The molecule has 0 radical (unpaired) electrons. The van der Waals surface area contributed by atoms with E-state index in [-0.39, 0.29) is 12.4 Å².